The van der Waals surface area contributed by atoms with Crippen molar-refractivity contribution in [2.75, 3.05) is 44.2 Å². The lowest BCUT2D eigenvalue weighted by atomic mass is 10.1. The summed E-state index contributed by atoms with van der Waals surface area (Å²) in [6.45, 7) is 6.68. The number of benzene rings is 2. The molecule has 1 N–H and O–H groups in total. The lowest BCUT2D eigenvalue weighted by Crippen LogP contribution is -2.49. The Bertz CT molecular complexity index is 757. The first-order valence-electron chi connectivity index (χ1n) is 9.67. The van der Waals surface area contributed by atoms with Gasteiger partial charge in [0.15, 0.2) is 0 Å². The fourth-order valence-electron chi connectivity index (χ4n) is 3.44. The van der Waals surface area contributed by atoms with Crippen LogP contribution in [0.5, 0.6) is 0 Å². The van der Waals surface area contributed by atoms with Crippen LogP contribution in [0.1, 0.15) is 17.5 Å². The van der Waals surface area contributed by atoms with E-state index in [4.69, 9.17) is 0 Å². The lowest BCUT2D eigenvalue weighted by Gasteiger charge is -2.36. The predicted octanol–water partition coefficient (Wildman–Crippen LogP) is 3.01. The molecule has 27 heavy (non-hydrogen) atoms. The molecule has 0 spiro atoms. The van der Waals surface area contributed by atoms with Gasteiger partial charge in [-0.15, -0.1) is 0 Å². The molecule has 1 fully saturated rings. The molecule has 0 unspecified atom stereocenters. The van der Waals surface area contributed by atoms with Gasteiger partial charge in [0.1, 0.15) is 5.82 Å². The molecule has 1 aliphatic heterocycles. The molecule has 144 valence electrons. The summed E-state index contributed by atoms with van der Waals surface area (Å²) >= 11 is 0. The fraction of sp³-hybridized carbons (Fsp3) is 0.409. The average molecular weight is 369 g/mol. The van der Waals surface area contributed by atoms with Crippen LogP contribution in [0, 0.1) is 12.7 Å². The summed E-state index contributed by atoms with van der Waals surface area (Å²) in [5, 5.41) is 3.25. The number of piperazine rings is 1. The summed E-state index contributed by atoms with van der Waals surface area (Å²) in [5.74, 6) is 0.0270. The minimum absolute atomic E-state index is 0.165. The second kappa shape index (κ2) is 9.51. The zero-order valence-corrected chi connectivity index (χ0v) is 16.0. The Morgan fingerprint density at radius 1 is 1.04 bits per heavy atom. The molecule has 2 aromatic carbocycles. The van der Waals surface area contributed by atoms with Gasteiger partial charge in [0.25, 0.3) is 0 Å². The number of hydrogen-bond donors (Lipinski definition) is 1. The van der Waals surface area contributed by atoms with Gasteiger partial charge in [0.2, 0.25) is 5.91 Å². The first-order chi connectivity index (χ1) is 13.1. The first-order valence-corrected chi connectivity index (χ1v) is 9.67. The van der Waals surface area contributed by atoms with E-state index in [-0.39, 0.29) is 11.7 Å². The molecule has 1 aliphatic rings. The maximum absolute atomic E-state index is 13.6. The molecule has 0 aromatic heterocycles. The molecule has 0 aliphatic carbocycles. The summed E-state index contributed by atoms with van der Waals surface area (Å²) in [7, 11) is 0. The summed E-state index contributed by atoms with van der Waals surface area (Å²) in [6, 6.07) is 15.3. The third kappa shape index (κ3) is 5.54. The highest BCUT2D eigenvalue weighted by Gasteiger charge is 2.20. The Hall–Kier alpha value is -2.40. The third-order valence-corrected chi connectivity index (χ3v) is 5.04. The van der Waals surface area contributed by atoms with E-state index >= 15 is 0 Å². The zero-order chi connectivity index (χ0) is 19.1. The van der Waals surface area contributed by atoms with Crippen LogP contribution in [0.3, 0.4) is 0 Å². The van der Waals surface area contributed by atoms with Gasteiger partial charge in [-0.05, 0) is 49.2 Å². The van der Waals surface area contributed by atoms with Gasteiger partial charge >= 0.3 is 0 Å². The van der Waals surface area contributed by atoms with E-state index in [9.17, 15) is 9.18 Å². The number of carbonyl (C=O) groups is 1. The predicted molar refractivity (Wildman–Crippen MR) is 108 cm³/mol. The van der Waals surface area contributed by atoms with E-state index in [2.05, 4.69) is 41.4 Å². The number of amides is 1. The zero-order valence-electron chi connectivity index (χ0n) is 16.0. The Balaban J connectivity index is 1.34. The van der Waals surface area contributed by atoms with Crippen LogP contribution in [0.4, 0.5) is 10.1 Å². The summed E-state index contributed by atoms with van der Waals surface area (Å²) < 4.78 is 13.6. The topological polar surface area (TPSA) is 35.6 Å². The van der Waals surface area contributed by atoms with Gasteiger partial charge in [0, 0.05) is 44.8 Å². The van der Waals surface area contributed by atoms with Gasteiger partial charge in [-0.1, -0.05) is 30.3 Å². The fourth-order valence-corrected chi connectivity index (χ4v) is 3.44. The van der Waals surface area contributed by atoms with Crippen LogP contribution in [0.2, 0.25) is 0 Å². The maximum Gasteiger partial charge on any atom is 0.223 e. The molecule has 3 rings (SSSR count). The van der Waals surface area contributed by atoms with Crippen LogP contribution in [0.25, 0.3) is 0 Å². The molecule has 1 amide bonds. The van der Waals surface area contributed by atoms with Crippen LogP contribution in [-0.2, 0) is 11.2 Å². The molecular formula is C22H28FN3O. The van der Waals surface area contributed by atoms with Gasteiger partial charge < -0.3 is 15.1 Å². The van der Waals surface area contributed by atoms with Gasteiger partial charge in [0.05, 0.1) is 0 Å². The minimum atomic E-state index is -0.165. The normalized spacial score (nSPS) is 14.4. The van der Waals surface area contributed by atoms with Gasteiger partial charge in [-0.25, -0.2) is 4.39 Å². The molecule has 2 aromatic rings. The molecule has 1 heterocycles. The van der Waals surface area contributed by atoms with Crippen LogP contribution >= 0.6 is 0 Å². The second-order valence-corrected chi connectivity index (χ2v) is 7.05. The summed E-state index contributed by atoms with van der Waals surface area (Å²) in [4.78, 5) is 16.7. The van der Waals surface area contributed by atoms with Crippen molar-refractivity contribution < 1.29 is 9.18 Å². The number of halogens is 1. The Kier molecular flexibility index (Phi) is 6.82. The van der Waals surface area contributed by atoms with Gasteiger partial charge in [-0.2, -0.15) is 0 Å². The molecule has 1 saturated heterocycles. The highest BCUT2D eigenvalue weighted by molar-refractivity contribution is 5.76. The van der Waals surface area contributed by atoms with Crippen molar-refractivity contribution in [3.63, 3.8) is 0 Å². The second-order valence-electron chi connectivity index (χ2n) is 7.05. The van der Waals surface area contributed by atoms with Crippen molar-refractivity contribution in [2.45, 2.75) is 19.8 Å². The van der Waals surface area contributed by atoms with Crippen molar-refractivity contribution in [3.05, 3.63) is 65.5 Å². The van der Waals surface area contributed by atoms with Crippen molar-refractivity contribution >= 4 is 11.6 Å². The highest BCUT2D eigenvalue weighted by atomic mass is 19.1. The Labute approximate surface area is 161 Å². The summed E-state index contributed by atoms with van der Waals surface area (Å²) in [6.07, 6.45) is 1.12. The quantitative estimate of drug-likeness (QED) is 0.762. The van der Waals surface area contributed by atoms with E-state index in [1.807, 2.05) is 11.0 Å². The molecular weight excluding hydrogens is 341 g/mol. The van der Waals surface area contributed by atoms with Gasteiger partial charge in [-0.3, -0.25) is 4.79 Å². The lowest BCUT2D eigenvalue weighted by molar-refractivity contribution is -0.131. The van der Waals surface area contributed by atoms with Crippen molar-refractivity contribution in [2.24, 2.45) is 0 Å². The molecule has 4 nitrogen and oxygen atoms in total. The number of aryl methyl sites for hydroxylation is 1. The van der Waals surface area contributed by atoms with E-state index in [1.165, 1.54) is 17.3 Å². The number of rotatable bonds is 7. The van der Waals surface area contributed by atoms with Crippen molar-refractivity contribution in [3.8, 4) is 0 Å². The minimum Gasteiger partial charge on any atom is -0.368 e. The smallest absolute Gasteiger partial charge is 0.223 e. The third-order valence-electron chi connectivity index (χ3n) is 5.04. The van der Waals surface area contributed by atoms with Crippen molar-refractivity contribution in [1.82, 2.24) is 10.2 Å². The number of anilines is 1. The molecule has 5 heteroatoms. The van der Waals surface area contributed by atoms with Crippen LogP contribution in [0.15, 0.2) is 48.5 Å². The Morgan fingerprint density at radius 3 is 2.56 bits per heavy atom. The van der Waals surface area contributed by atoms with Crippen LogP contribution in [-0.4, -0.2) is 50.1 Å². The van der Waals surface area contributed by atoms with Crippen molar-refractivity contribution in [1.29, 1.82) is 0 Å². The molecule has 0 bridgehead atoms. The van der Waals surface area contributed by atoms with E-state index < -0.39 is 0 Å². The Morgan fingerprint density at radius 2 is 1.81 bits per heavy atom. The standard InChI is InChI=1S/C22H28FN3O/c1-18-5-4-7-20(17-18)25-13-15-26(16-14-25)22(27)10-12-24-11-9-19-6-2-3-8-21(19)23/h2-8,17,24H,9-16H2,1H3. The number of nitrogens with zero attached hydrogens (tertiary/aromatic N) is 2. The molecule has 0 saturated carbocycles. The van der Waals surface area contributed by atoms with E-state index in [1.54, 1.807) is 12.1 Å². The van der Waals surface area contributed by atoms with Crippen LogP contribution < -0.4 is 10.2 Å². The summed E-state index contributed by atoms with van der Waals surface area (Å²) in [5.41, 5.74) is 3.20. The number of carbonyl (C=O) groups excluding carboxylic acids is 1. The monoisotopic (exact) mass is 369 g/mol. The largest absolute Gasteiger partial charge is 0.368 e. The van der Waals surface area contributed by atoms with E-state index in [0.717, 1.165) is 26.2 Å². The highest BCUT2D eigenvalue weighted by Crippen LogP contribution is 2.18. The molecule has 0 radical (unpaired) electrons. The van der Waals surface area contributed by atoms with E-state index in [0.29, 0.717) is 31.5 Å². The molecule has 0 atom stereocenters. The maximum atomic E-state index is 13.6. The number of nitrogens with one attached hydrogen (secondary N) is 1. The first kappa shape index (κ1) is 19.4. The number of hydrogen-bond acceptors (Lipinski definition) is 3. The average Bonchev–Trinajstić information content (AvgIpc) is 2.69. The SMILES string of the molecule is Cc1cccc(N2CCN(C(=O)CCNCCc3ccccc3F)CC2)c1.